The molecular formula is C13H14O2S. The Hall–Kier alpha value is -1.35. The second-order valence-corrected chi connectivity index (χ2v) is 4.79. The summed E-state index contributed by atoms with van der Waals surface area (Å²) in [6.45, 7) is 4.93. The molecule has 0 spiro atoms. The van der Waals surface area contributed by atoms with Gasteiger partial charge in [0.15, 0.2) is 10.9 Å². The zero-order chi connectivity index (χ0) is 12.1. The summed E-state index contributed by atoms with van der Waals surface area (Å²) in [6, 6.07) is 7.81. The Balaban J connectivity index is 2.97. The van der Waals surface area contributed by atoms with Gasteiger partial charge in [0.25, 0.3) is 0 Å². The molecule has 84 valence electrons. The van der Waals surface area contributed by atoms with E-state index in [0.717, 1.165) is 17.3 Å². The lowest BCUT2D eigenvalue weighted by atomic mass is 10.1. The highest BCUT2D eigenvalue weighted by molar-refractivity contribution is 8.17. The van der Waals surface area contributed by atoms with Crippen molar-refractivity contribution in [2.24, 2.45) is 0 Å². The molecule has 0 aliphatic rings. The SMILES string of the molecule is CC(=O)S/C(=C\c1ccc(C)cc1)C(C)=O. The molecule has 0 heterocycles. The first kappa shape index (κ1) is 12.7. The first-order valence-electron chi connectivity index (χ1n) is 4.97. The van der Waals surface area contributed by atoms with Gasteiger partial charge < -0.3 is 0 Å². The van der Waals surface area contributed by atoms with Gasteiger partial charge in [0.1, 0.15) is 0 Å². The number of thioether (sulfide) groups is 1. The van der Waals surface area contributed by atoms with Crippen molar-refractivity contribution in [3.8, 4) is 0 Å². The van der Waals surface area contributed by atoms with Crippen LogP contribution in [0.2, 0.25) is 0 Å². The molecule has 0 amide bonds. The maximum Gasteiger partial charge on any atom is 0.190 e. The van der Waals surface area contributed by atoms with Gasteiger partial charge in [-0.25, -0.2) is 0 Å². The summed E-state index contributed by atoms with van der Waals surface area (Å²) in [4.78, 5) is 22.8. The van der Waals surface area contributed by atoms with Gasteiger partial charge >= 0.3 is 0 Å². The lowest BCUT2D eigenvalue weighted by Crippen LogP contribution is -1.95. The van der Waals surface area contributed by atoms with E-state index >= 15 is 0 Å². The number of benzene rings is 1. The molecule has 0 saturated heterocycles. The molecule has 1 rings (SSSR count). The van der Waals surface area contributed by atoms with Crippen LogP contribution in [-0.2, 0) is 9.59 Å². The molecule has 16 heavy (non-hydrogen) atoms. The largest absolute Gasteiger partial charge is 0.294 e. The maximum atomic E-state index is 11.3. The molecule has 0 atom stereocenters. The highest BCUT2D eigenvalue weighted by Crippen LogP contribution is 2.21. The van der Waals surface area contributed by atoms with E-state index in [0.29, 0.717) is 4.91 Å². The lowest BCUT2D eigenvalue weighted by Gasteiger charge is -2.01. The number of aryl methyl sites for hydroxylation is 1. The molecule has 0 radical (unpaired) electrons. The van der Waals surface area contributed by atoms with Crippen molar-refractivity contribution < 1.29 is 9.59 Å². The van der Waals surface area contributed by atoms with Crippen LogP contribution in [0.4, 0.5) is 0 Å². The third kappa shape index (κ3) is 4.03. The van der Waals surface area contributed by atoms with Crippen LogP contribution in [0.1, 0.15) is 25.0 Å². The maximum absolute atomic E-state index is 11.3. The molecule has 0 aliphatic heterocycles. The van der Waals surface area contributed by atoms with Crippen molar-refractivity contribution in [1.82, 2.24) is 0 Å². The van der Waals surface area contributed by atoms with Crippen molar-refractivity contribution in [2.45, 2.75) is 20.8 Å². The zero-order valence-corrected chi connectivity index (χ0v) is 10.4. The van der Waals surface area contributed by atoms with Crippen LogP contribution in [0.25, 0.3) is 6.08 Å². The van der Waals surface area contributed by atoms with Crippen LogP contribution < -0.4 is 0 Å². The van der Waals surface area contributed by atoms with Crippen LogP contribution in [0.15, 0.2) is 29.2 Å². The van der Waals surface area contributed by atoms with E-state index in [9.17, 15) is 9.59 Å². The standard InChI is InChI=1S/C13H14O2S/c1-9-4-6-12(7-5-9)8-13(10(2)14)16-11(3)15/h4-8H,1-3H3/b13-8-. The Morgan fingerprint density at radius 3 is 2.12 bits per heavy atom. The number of carbonyl (C=O) groups excluding carboxylic acids is 2. The Morgan fingerprint density at radius 1 is 1.12 bits per heavy atom. The minimum absolute atomic E-state index is 0.0754. The fourth-order valence-electron chi connectivity index (χ4n) is 1.17. The summed E-state index contributed by atoms with van der Waals surface area (Å²) in [5.41, 5.74) is 2.10. The molecule has 0 bridgehead atoms. The number of Topliss-reactive ketones (excluding diaryl/α,β-unsaturated/α-hetero) is 1. The predicted octanol–water partition coefficient (Wildman–Crippen LogP) is 3.20. The molecule has 0 saturated carbocycles. The van der Waals surface area contributed by atoms with E-state index < -0.39 is 0 Å². The van der Waals surface area contributed by atoms with Gasteiger partial charge in [-0.3, -0.25) is 9.59 Å². The first-order valence-corrected chi connectivity index (χ1v) is 5.78. The smallest absolute Gasteiger partial charge is 0.190 e. The number of carbonyl (C=O) groups is 2. The molecule has 2 nitrogen and oxygen atoms in total. The number of hydrogen-bond acceptors (Lipinski definition) is 3. The molecule has 0 aliphatic carbocycles. The molecule has 1 aromatic rings. The Kier molecular flexibility index (Phi) is 4.50. The average molecular weight is 234 g/mol. The van der Waals surface area contributed by atoms with Gasteiger partial charge in [-0.05, 0) is 37.2 Å². The number of allylic oxidation sites excluding steroid dienone is 1. The Labute approximate surface area is 99.7 Å². The van der Waals surface area contributed by atoms with Crippen LogP contribution in [0, 0.1) is 6.92 Å². The number of rotatable bonds is 3. The van der Waals surface area contributed by atoms with Crippen LogP contribution >= 0.6 is 11.8 Å². The van der Waals surface area contributed by atoms with Crippen molar-refractivity contribution >= 4 is 28.7 Å². The summed E-state index contributed by atoms with van der Waals surface area (Å²) >= 11 is 0.979. The van der Waals surface area contributed by atoms with Crippen molar-refractivity contribution in [3.05, 3.63) is 40.3 Å². The molecular weight excluding hydrogens is 220 g/mol. The Morgan fingerprint density at radius 2 is 1.69 bits per heavy atom. The second kappa shape index (κ2) is 5.66. The highest BCUT2D eigenvalue weighted by Gasteiger charge is 2.07. The Bertz CT molecular complexity index is 430. The molecule has 0 aromatic heterocycles. The van der Waals surface area contributed by atoms with Crippen LogP contribution in [0.5, 0.6) is 0 Å². The monoisotopic (exact) mass is 234 g/mol. The van der Waals surface area contributed by atoms with E-state index in [4.69, 9.17) is 0 Å². The van der Waals surface area contributed by atoms with E-state index in [2.05, 4.69) is 0 Å². The molecule has 0 unspecified atom stereocenters. The van der Waals surface area contributed by atoms with Crippen LogP contribution in [0.3, 0.4) is 0 Å². The lowest BCUT2D eigenvalue weighted by molar-refractivity contribution is -0.113. The first-order chi connectivity index (χ1) is 7.49. The molecule has 0 fully saturated rings. The summed E-state index contributed by atoms with van der Waals surface area (Å²) < 4.78 is 0. The van der Waals surface area contributed by atoms with E-state index in [1.165, 1.54) is 19.4 Å². The minimum atomic E-state index is -0.0826. The number of ketones is 1. The van der Waals surface area contributed by atoms with Crippen LogP contribution in [-0.4, -0.2) is 10.9 Å². The third-order valence-electron chi connectivity index (χ3n) is 1.98. The van der Waals surface area contributed by atoms with Gasteiger partial charge in [0.2, 0.25) is 0 Å². The van der Waals surface area contributed by atoms with Gasteiger partial charge in [0, 0.05) is 6.92 Å². The molecule has 1 aromatic carbocycles. The highest BCUT2D eigenvalue weighted by atomic mass is 32.2. The fraction of sp³-hybridized carbons (Fsp3) is 0.231. The summed E-state index contributed by atoms with van der Waals surface area (Å²) in [5, 5.41) is -0.0754. The van der Waals surface area contributed by atoms with Crippen molar-refractivity contribution in [3.63, 3.8) is 0 Å². The summed E-state index contributed by atoms with van der Waals surface area (Å²) in [6.07, 6.45) is 1.74. The second-order valence-electron chi connectivity index (χ2n) is 3.57. The zero-order valence-electron chi connectivity index (χ0n) is 9.61. The van der Waals surface area contributed by atoms with Gasteiger partial charge in [-0.2, -0.15) is 0 Å². The summed E-state index contributed by atoms with van der Waals surface area (Å²) in [5.74, 6) is -0.0826. The van der Waals surface area contributed by atoms with Crippen molar-refractivity contribution in [1.29, 1.82) is 0 Å². The van der Waals surface area contributed by atoms with Gasteiger partial charge in [-0.15, -0.1) is 0 Å². The molecule has 0 N–H and O–H groups in total. The van der Waals surface area contributed by atoms with E-state index in [1.54, 1.807) is 6.08 Å². The van der Waals surface area contributed by atoms with E-state index in [1.807, 2.05) is 31.2 Å². The predicted molar refractivity (Wildman–Crippen MR) is 68.1 cm³/mol. The average Bonchev–Trinajstić information content (AvgIpc) is 2.19. The number of hydrogen-bond donors (Lipinski definition) is 0. The normalized spacial score (nSPS) is 11.3. The van der Waals surface area contributed by atoms with Gasteiger partial charge in [0.05, 0.1) is 4.91 Å². The quantitative estimate of drug-likeness (QED) is 0.753. The fourth-order valence-corrected chi connectivity index (χ4v) is 1.82. The molecule has 3 heteroatoms. The summed E-state index contributed by atoms with van der Waals surface area (Å²) in [7, 11) is 0. The van der Waals surface area contributed by atoms with E-state index in [-0.39, 0.29) is 10.9 Å². The third-order valence-corrected chi connectivity index (χ3v) is 2.89. The van der Waals surface area contributed by atoms with Gasteiger partial charge in [-0.1, -0.05) is 29.8 Å². The van der Waals surface area contributed by atoms with Crippen molar-refractivity contribution in [2.75, 3.05) is 0 Å². The minimum Gasteiger partial charge on any atom is -0.294 e. The topological polar surface area (TPSA) is 34.1 Å².